The highest BCUT2D eigenvalue weighted by atomic mass is 79.9. The van der Waals surface area contributed by atoms with Gasteiger partial charge in [0, 0.05) is 13.1 Å². The van der Waals surface area contributed by atoms with E-state index in [0.29, 0.717) is 35.8 Å². The van der Waals surface area contributed by atoms with Crippen LogP contribution in [0, 0.1) is 5.92 Å². The van der Waals surface area contributed by atoms with Crippen molar-refractivity contribution in [2.24, 2.45) is 5.92 Å². The summed E-state index contributed by atoms with van der Waals surface area (Å²) >= 11 is 4.71. The third kappa shape index (κ3) is 6.88. The summed E-state index contributed by atoms with van der Waals surface area (Å²) in [6.45, 7) is 3.44. The maximum absolute atomic E-state index is 12.3. The van der Waals surface area contributed by atoms with Crippen molar-refractivity contribution < 1.29 is 38.1 Å². The minimum atomic E-state index is -0.563. The minimum Gasteiger partial charge on any atom is -0.493 e. The van der Waals surface area contributed by atoms with Crippen LogP contribution >= 0.6 is 27.3 Å². The summed E-state index contributed by atoms with van der Waals surface area (Å²) < 4.78 is 26.8. The fourth-order valence-corrected chi connectivity index (χ4v) is 5.59. The third-order valence-corrected chi connectivity index (χ3v) is 7.67. The van der Waals surface area contributed by atoms with Gasteiger partial charge < -0.3 is 28.6 Å². The predicted octanol–water partition coefficient (Wildman–Crippen LogP) is 4.76. The van der Waals surface area contributed by atoms with Gasteiger partial charge in [0.15, 0.2) is 17.2 Å². The van der Waals surface area contributed by atoms with Crippen molar-refractivity contribution in [3.8, 4) is 21.9 Å². The molecule has 35 heavy (non-hydrogen) atoms. The monoisotopic (exact) mass is 569 g/mol. The number of halogens is 1. The number of nitrogens with zero attached hydrogens (tertiary/aromatic N) is 1. The SMILES string of the molecule is CCOC(=O)COc1c(C(=O)OC)sc(-c2cccc(OCC3CCN(C(=O)OC)CC3)c2)c1Br. The lowest BCUT2D eigenvalue weighted by Crippen LogP contribution is -2.39. The van der Waals surface area contributed by atoms with Crippen molar-refractivity contribution in [1.82, 2.24) is 4.90 Å². The molecule has 1 amide bonds. The van der Waals surface area contributed by atoms with Gasteiger partial charge in [0.25, 0.3) is 0 Å². The van der Waals surface area contributed by atoms with Crippen molar-refractivity contribution in [3.63, 3.8) is 0 Å². The summed E-state index contributed by atoms with van der Waals surface area (Å²) in [7, 11) is 2.68. The molecule has 0 atom stereocenters. The molecule has 0 saturated carbocycles. The number of ether oxygens (including phenoxy) is 5. The van der Waals surface area contributed by atoms with E-state index >= 15 is 0 Å². The maximum Gasteiger partial charge on any atom is 0.409 e. The first-order valence-corrected chi connectivity index (χ1v) is 12.7. The Kier molecular flexibility index (Phi) is 9.79. The molecule has 1 fully saturated rings. The van der Waals surface area contributed by atoms with Gasteiger partial charge in [0.1, 0.15) is 5.75 Å². The average molecular weight is 570 g/mol. The lowest BCUT2D eigenvalue weighted by atomic mass is 9.98. The number of benzene rings is 1. The summed E-state index contributed by atoms with van der Waals surface area (Å²) in [6, 6.07) is 7.52. The van der Waals surface area contributed by atoms with Gasteiger partial charge >= 0.3 is 18.0 Å². The molecule has 1 aromatic carbocycles. The summed E-state index contributed by atoms with van der Waals surface area (Å²) in [5.41, 5.74) is 0.816. The normalized spacial score (nSPS) is 13.8. The molecule has 0 spiro atoms. The van der Waals surface area contributed by atoms with E-state index in [-0.39, 0.29) is 29.9 Å². The van der Waals surface area contributed by atoms with Crippen LogP contribution in [-0.4, -0.2) is 70.1 Å². The summed E-state index contributed by atoms with van der Waals surface area (Å²) in [4.78, 5) is 38.4. The van der Waals surface area contributed by atoms with Crippen LogP contribution in [0.2, 0.25) is 0 Å². The van der Waals surface area contributed by atoms with Gasteiger partial charge in [-0.2, -0.15) is 0 Å². The van der Waals surface area contributed by atoms with E-state index in [2.05, 4.69) is 15.9 Å². The van der Waals surface area contributed by atoms with Gasteiger partial charge in [-0.1, -0.05) is 12.1 Å². The molecule has 1 aliphatic heterocycles. The zero-order valence-corrected chi connectivity index (χ0v) is 22.2. The molecule has 9 nitrogen and oxygen atoms in total. The molecule has 0 unspecified atom stereocenters. The Morgan fingerprint density at radius 2 is 1.86 bits per heavy atom. The van der Waals surface area contributed by atoms with Crippen LogP contribution in [0.4, 0.5) is 4.79 Å². The van der Waals surface area contributed by atoms with Crippen molar-refractivity contribution in [1.29, 1.82) is 0 Å². The van der Waals surface area contributed by atoms with Crippen molar-refractivity contribution in [2.75, 3.05) is 47.1 Å². The quantitative estimate of drug-likeness (QED) is 0.314. The Bertz CT molecular complexity index is 1050. The standard InChI is InChI=1S/C24H28BrNO8S/c1-4-32-18(27)14-34-20-19(25)21(35-22(20)23(28)30-2)16-6-5-7-17(12-16)33-13-15-8-10-26(11-9-15)24(29)31-3/h5-7,12,15H,4,8-11,13-14H2,1-3H3. The highest BCUT2D eigenvalue weighted by molar-refractivity contribution is 9.10. The number of rotatable bonds is 9. The fourth-order valence-electron chi connectivity index (χ4n) is 3.62. The minimum absolute atomic E-state index is 0.230. The van der Waals surface area contributed by atoms with Crippen molar-refractivity contribution in [2.45, 2.75) is 19.8 Å². The van der Waals surface area contributed by atoms with Crippen LogP contribution in [0.1, 0.15) is 29.4 Å². The van der Waals surface area contributed by atoms with Crippen molar-refractivity contribution >= 4 is 45.3 Å². The first kappa shape index (κ1) is 26.8. The Balaban J connectivity index is 1.71. The second kappa shape index (κ2) is 12.8. The van der Waals surface area contributed by atoms with E-state index in [1.807, 2.05) is 24.3 Å². The number of methoxy groups -OCH3 is 2. The van der Waals surface area contributed by atoms with Gasteiger partial charge in [0.2, 0.25) is 0 Å². The van der Waals surface area contributed by atoms with E-state index in [1.165, 1.54) is 25.6 Å². The number of carbonyl (C=O) groups excluding carboxylic acids is 3. The molecule has 2 heterocycles. The molecular weight excluding hydrogens is 542 g/mol. The molecule has 11 heteroatoms. The lowest BCUT2D eigenvalue weighted by Gasteiger charge is -2.30. The van der Waals surface area contributed by atoms with Gasteiger partial charge in [-0.05, 0) is 59.3 Å². The number of amides is 1. The number of likely N-dealkylation sites (tertiary alicyclic amines) is 1. The molecule has 190 valence electrons. The first-order valence-electron chi connectivity index (χ1n) is 11.1. The van der Waals surface area contributed by atoms with E-state index in [1.54, 1.807) is 11.8 Å². The lowest BCUT2D eigenvalue weighted by molar-refractivity contribution is -0.145. The summed E-state index contributed by atoms with van der Waals surface area (Å²) in [5.74, 6) is 0.157. The molecule has 2 aromatic rings. The zero-order valence-electron chi connectivity index (χ0n) is 19.8. The predicted molar refractivity (Wildman–Crippen MR) is 133 cm³/mol. The second-order valence-corrected chi connectivity index (χ2v) is 9.54. The first-order chi connectivity index (χ1) is 16.9. The van der Waals surface area contributed by atoms with Gasteiger partial charge in [-0.15, -0.1) is 11.3 Å². The van der Waals surface area contributed by atoms with Crippen molar-refractivity contribution in [3.05, 3.63) is 33.6 Å². The van der Waals surface area contributed by atoms with Crippen LogP contribution in [0.5, 0.6) is 11.5 Å². The number of esters is 2. The van der Waals surface area contributed by atoms with Gasteiger partial charge in [-0.25, -0.2) is 14.4 Å². The number of hydrogen-bond donors (Lipinski definition) is 0. The molecule has 0 aliphatic carbocycles. The fraction of sp³-hybridized carbons (Fsp3) is 0.458. The molecule has 1 saturated heterocycles. The molecule has 1 aliphatic rings. The maximum atomic E-state index is 12.3. The Morgan fingerprint density at radius 1 is 1.11 bits per heavy atom. The molecule has 0 radical (unpaired) electrons. The molecule has 3 rings (SSSR count). The molecule has 0 bridgehead atoms. The van der Waals surface area contributed by atoms with Gasteiger partial charge in [-0.3, -0.25) is 0 Å². The van der Waals surface area contributed by atoms with E-state index in [4.69, 9.17) is 23.7 Å². The number of thiophene rings is 1. The highest BCUT2D eigenvalue weighted by Crippen LogP contribution is 2.46. The average Bonchev–Trinajstić information content (AvgIpc) is 3.21. The smallest absolute Gasteiger partial charge is 0.409 e. The Morgan fingerprint density at radius 3 is 2.51 bits per heavy atom. The molecular formula is C24H28BrNO8S. The Labute approximate surface area is 216 Å². The zero-order chi connectivity index (χ0) is 25.4. The number of carbonyl (C=O) groups is 3. The largest absolute Gasteiger partial charge is 0.493 e. The third-order valence-electron chi connectivity index (χ3n) is 5.45. The van der Waals surface area contributed by atoms with Gasteiger partial charge in [0.05, 0.1) is 36.8 Å². The molecule has 1 aromatic heterocycles. The summed E-state index contributed by atoms with van der Waals surface area (Å²) in [6.07, 6.45) is 1.39. The van der Waals surface area contributed by atoms with E-state index in [0.717, 1.165) is 23.3 Å². The second-order valence-electron chi connectivity index (χ2n) is 7.73. The molecule has 0 N–H and O–H groups in total. The van der Waals surface area contributed by atoms with Crippen LogP contribution in [-0.2, 0) is 19.0 Å². The van der Waals surface area contributed by atoms with Crippen LogP contribution in [0.15, 0.2) is 28.7 Å². The van der Waals surface area contributed by atoms with Crippen LogP contribution in [0.3, 0.4) is 0 Å². The van der Waals surface area contributed by atoms with Crippen LogP contribution < -0.4 is 9.47 Å². The summed E-state index contributed by atoms with van der Waals surface area (Å²) in [5, 5.41) is 0. The number of hydrogen-bond acceptors (Lipinski definition) is 9. The highest BCUT2D eigenvalue weighted by Gasteiger charge is 2.26. The van der Waals surface area contributed by atoms with E-state index in [9.17, 15) is 14.4 Å². The van der Waals surface area contributed by atoms with E-state index < -0.39 is 11.9 Å². The topological polar surface area (TPSA) is 101 Å². The Hall–Kier alpha value is -2.79. The van der Waals surface area contributed by atoms with Crippen LogP contribution in [0.25, 0.3) is 10.4 Å². The number of piperidine rings is 1.